The number of carbonyl (C=O) groups excluding carboxylic acids is 1. The normalized spacial score (nSPS) is 14.7. The lowest BCUT2D eigenvalue weighted by Crippen LogP contribution is -2.52. The van der Waals surface area contributed by atoms with Crippen molar-refractivity contribution < 1.29 is 9.53 Å². The summed E-state index contributed by atoms with van der Waals surface area (Å²) >= 11 is 0. The standard InChI is InChI=1S/C23H30N6O2/c1-3-21-26-20-8-5-9-24-22(20)29(21)15-12-27-10-13-28(14-11-27)23(30)25-17-18-6-4-7-19(16-18)31-2/h4-9,16H,3,10-15,17H2,1-2H3,(H,25,30). The molecular weight excluding hydrogens is 392 g/mol. The first-order valence-electron chi connectivity index (χ1n) is 10.9. The Hall–Kier alpha value is -3.13. The van der Waals surface area contributed by atoms with Gasteiger partial charge in [0.05, 0.1) is 7.11 Å². The zero-order valence-corrected chi connectivity index (χ0v) is 18.3. The third-order valence-electron chi connectivity index (χ3n) is 5.78. The van der Waals surface area contributed by atoms with Crippen molar-refractivity contribution in [3.05, 3.63) is 54.0 Å². The molecule has 1 aromatic carbocycles. The van der Waals surface area contributed by atoms with E-state index in [1.807, 2.05) is 47.5 Å². The predicted molar refractivity (Wildman–Crippen MR) is 120 cm³/mol. The number of aryl methyl sites for hydroxylation is 1. The fourth-order valence-corrected chi connectivity index (χ4v) is 4.00. The number of hydrogen-bond donors (Lipinski definition) is 1. The summed E-state index contributed by atoms with van der Waals surface area (Å²) in [5.74, 6) is 1.87. The minimum Gasteiger partial charge on any atom is -0.497 e. The highest BCUT2D eigenvalue weighted by molar-refractivity contribution is 5.74. The first kappa shape index (κ1) is 21.1. The number of urea groups is 1. The Morgan fingerprint density at radius 1 is 1.13 bits per heavy atom. The minimum atomic E-state index is -0.0134. The highest BCUT2D eigenvalue weighted by atomic mass is 16.5. The van der Waals surface area contributed by atoms with Gasteiger partial charge in [-0.1, -0.05) is 19.1 Å². The van der Waals surface area contributed by atoms with Crippen LogP contribution in [-0.2, 0) is 19.5 Å². The molecule has 31 heavy (non-hydrogen) atoms. The van der Waals surface area contributed by atoms with Crippen molar-refractivity contribution in [3.63, 3.8) is 0 Å². The molecule has 8 nitrogen and oxygen atoms in total. The maximum Gasteiger partial charge on any atom is 0.317 e. The topological polar surface area (TPSA) is 75.5 Å². The van der Waals surface area contributed by atoms with Gasteiger partial charge in [0.25, 0.3) is 0 Å². The molecule has 0 saturated carbocycles. The van der Waals surface area contributed by atoms with Crippen molar-refractivity contribution in [1.29, 1.82) is 0 Å². The van der Waals surface area contributed by atoms with Crippen LogP contribution in [0.4, 0.5) is 4.79 Å². The van der Waals surface area contributed by atoms with Crippen LogP contribution in [-0.4, -0.2) is 70.2 Å². The Kier molecular flexibility index (Phi) is 6.66. The maximum atomic E-state index is 12.6. The molecule has 3 heterocycles. The number of fused-ring (bicyclic) bond motifs is 1. The highest BCUT2D eigenvalue weighted by Gasteiger charge is 2.21. The van der Waals surface area contributed by atoms with E-state index in [1.165, 1.54) is 0 Å². The third-order valence-corrected chi connectivity index (χ3v) is 5.78. The van der Waals surface area contributed by atoms with Crippen molar-refractivity contribution in [2.75, 3.05) is 39.8 Å². The molecule has 2 amide bonds. The van der Waals surface area contributed by atoms with Gasteiger partial charge in [-0.2, -0.15) is 0 Å². The number of benzene rings is 1. The zero-order chi connectivity index (χ0) is 21.6. The van der Waals surface area contributed by atoms with E-state index in [2.05, 4.69) is 26.7 Å². The molecule has 1 N–H and O–H groups in total. The van der Waals surface area contributed by atoms with Crippen LogP contribution in [0.2, 0.25) is 0 Å². The van der Waals surface area contributed by atoms with Gasteiger partial charge in [0, 0.05) is 58.4 Å². The number of rotatable bonds is 7. The summed E-state index contributed by atoms with van der Waals surface area (Å²) in [6, 6.07) is 11.7. The average Bonchev–Trinajstić information content (AvgIpc) is 3.19. The molecule has 0 unspecified atom stereocenters. The van der Waals surface area contributed by atoms with Gasteiger partial charge >= 0.3 is 6.03 Å². The molecule has 1 fully saturated rings. The molecule has 3 aromatic rings. The van der Waals surface area contributed by atoms with E-state index in [0.29, 0.717) is 6.54 Å². The van der Waals surface area contributed by atoms with Crippen LogP contribution in [0.25, 0.3) is 11.2 Å². The van der Waals surface area contributed by atoms with E-state index in [-0.39, 0.29) is 6.03 Å². The number of imidazole rings is 1. The molecule has 0 spiro atoms. The molecule has 0 bridgehead atoms. The van der Waals surface area contributed by atoms with Gasteiger partial charge in [-0.05, 0) is 29.8 Å². The number of hydrogen-bond acceptors (Lipinski definition) is 5. The maximum absolute atomic E-state index is 12.6. The second kappa shape index (κ2) is 9.78. The van der Waals surface area contributed by atoms with E-state index >= 15 is 0 Å². The van der Waals surface area contributed by atoms with Crippen LogP contribution in [0, 0.1) is 0 Å². The molecule has 1 aliphatic rings. The molecule has 1 saturated heterocycles. The van der Waals surface area contributed by atoms with Crippen molar-refractivity contribution in [1.82, 2.24) is 29.7 Å². The predicted octanol–water partition coefficient (Wildman–Crippen LogP) is 2.53. The zero-order valence-electron chi connectivity index (χ0n) is 18.3. The molecule has 2 aromatic heterocycles. The fraction of sp³-hybridized carbons (Fsp3) is 0.435. The molecule has 1 aliphatic heterocycles. The average molecular weight is 423 g/mol. The number of methoxy groups -OCH3 is 1. The van der Waals surface area contributed by atoms with Crippen LogP contribution in [0.15, 0.2) is 42.6 Å². The number of aromatic nitrogens is 3. The van der Waals surface area contributed by atoms with Crippen LogP contribution in [0.1, 0.15) is 18.3 Å². The number of amides is 2. The Morgan fingerprint density at radius 2 is 1.97 bits per heavy atom. The Bertz CT molecular complexity index is 1030. The number of pyridine rings is 1. The van der Waals surface area contributed by atoms with Crippen molar-refractivity contribution in [3.8, 4) is 5.75 Å². The smallest absolute Gasteiger partial charge is 0.317 e. The van der Waals surface area contributed by atoms with E-state index in [0.717, 1.165) is 74.0 Å². The van der Waals surface area contributed by atoms with Crippen LogP contribution in [0.3, 0.4) is 0 Å². The second-order valence-electron chi connectivity index (χ2n) is 7.72. The molecule has 4 rings (SSSR count). The summed E-state index contributed by atoms with van der Waals surface area (Å²) in [7, 11) is 1.64. The first-order chi connectivity index (χ1) is 15.2. The molecule has 0 atom stereocenters. The van der Waals surface area contributed by atoms with Crippen LogP contribution >= 0.6 is 0 Å². The molecule has 8 heteroatoms. The van der Waals surface area contributed by atoms with E-state index < -0.39 is 0 Å². The van der Waals surface area contributed by atoms with Gasteiger partial charge in [-0.25, -0.2) is 14.8 Å². The van der Waals surface area contributed by atoms with E-state index in [9.17, 15) is 4.79 Å². The van der Waals surface area contributed by atoms with Crippen molar-refractivity contribution in [2.45, 2.75) is 26.4 Å². The van der Waals surface area contributed by atoms with Gasteiger partial charge in [0.1, 0.15) is 17.1 Å². The van der Waals surface area contributed by atoms with Gasteiger partial charge in [-0.15, -0.1) is 0 Å². The number of ether oxygens (including phenoxy) is 1. The first-order valence-corrected chi connectivity index (χ1v) is 10.9. The van der Waals surface area contributed by atoms with Gasteiger partial charge in [-0.3, -0.25) is 4.90 Å². The summed E-state index contributed by atoms with van der Waals surface area (Å²) in [5.41, 5.74) is 2.94. The van der Waals surface area contributed by atoms with Crippen LogP contribution in [0.5, 0.6) is 5.75 Å². The monoisotopic (exact) mass is 422 g/mol. The highest BCUT2D eigenvalue weighted by Crippen LogP contribution is 2.15. The lowest BCUT2D eigenvalue weighted by Gasteiger charge is -2.34. The Balaban J connectivity index is 1.26. The fourth-order valence-electron chi connectivity index (χ4n) is 4.00. The quantitative estimate of drug-likeness (QED) is 0.633. The Morgan fingerprint density at radius 3 is 2.74 bits per heavy atom. The van der Waals surface area contributed by atoms with E-state index in [4.69, 9.17) is 9.72 Å². The third kappa shape index (κ3) is 4.96. The molecule has 0 aliphatic carbocycles. The summed E-state index contributed by atoms with van der Waals surface area (Å²) in [5, 5.41) is 3.02. The number of piperazine rings is 1. The lowest BCUT2D eigenvalue weighted by molar-refractivity contribution is 0.136. The largest absolute Gasteiger partial charge is 0.497 e. The number of nitrogens with zero attached hydrogens (tertiary/aromatic N) is 5. The summed E-state index contributed by atoms with van der Waals surface area (Å²) in [6.45, 7) is 7.60. The summed E-state index contributed by atoms with van der Waals surface area (Å²) in [4.78, 5) is 26.1. The lowest BCUT2D eigenvalue weighted by atomic mass is 10.2. The molecule has 164 valence electrons. The summed E-state index contributed by atoms with van der Waals surface area (Å²) in [6.07, 6.45) is 2.71. The number of carbonyl (C=O) groups is 1. The second-order valence-corrected chi connectivity index (χ2v) is 7.72. The van der Waals surface area contributed by atoms with Gasteiger partial charge in [0.2, 0.25) is 0 Å². The van der Waals surface area contributed by atoms with Gasteiger partial charge < -0.3 is 19.5 Å². The Labute approximate surface area is 182 Å². The minimum absolute atomic E-state index is 0.0134. The molecule has 0 radical (unpaired) electrons. The summed E-state index contributed by atoms with van der Waals surface area (Å²) < 4.78 is 7.46. The van der Waals surface area contributed by atoms with Crippen LogP contribution < -0.4 is 10.1 Å². The van der Waals surface area contributed by atoms with E-state index in [1.54, 1.807) is 7.11 Å². The van der Waals surface area contributed by atoms with Crippen molar-refractivity contribution in [2.24, 2.45) is 0 Å². The number of nitrogens with one attached hydrogen (secondary N) is 1. The molecular formula is C23H30N6O2. The van der Waals surface area contributed by atoms with Gasteiger partial charge in [0.15, 0.2) is 5.65 Å². The van der Waals surface area contributed by atoms with Crippen molar-refractivity contribution >= 4 is 17.2 Å². The SMILES string of the molecule is CCc1nc2cccnc2n1CCN1CCN(C(=O)NCc2cccc(OC)c2)CC1.